The highest BCUT2D eigenvalue weighted by Crippen LogP contribution is 2.34. The van der Waals surface area contributed by atoms with Crippen LogP contribution in [0, 0.1) is 11.7 Å². The monoisotopic (exact) mass is 658 g/mol. The van der Waals surface area contributed by atoms with Crippen LogP contribution in [0.25, 0.3) is 0 Å². The van der Waals surface area contributed by atoms with Gasteiger partial charge < -0.3 is 30.7 Å². The Balaban J connectivity index is 1.40. The van der Waals surface area contributed by atoms with Gasteiger partial charge in [0.2, 0.25) is 17.7 Å². The molecule has 0 unspecified atom stereocenters. The molecule has 1 saturated heterocycles. The van der Waals surface area contributed by atoms with Gasteiger partial charge in [-0.2, -0.15) is 0 Å². The van der Waals surface area contributed by atoms with Gasteiger partial charge in [0.05, 0.1) is 18.0 Å². The van der Waals surface area contributed by atoms with Crippen LogP contribution >= 0.6 is 0 Å². The zero-order valence-corrected chi connectivity index (χ0v) is 27.3. The molecule has 2 aliphatic heterocycles. The molecule has 2 aliphatic rings. The van der Waals surface area contributed by atoms with Crippen LogP contribution in [0.3, 0.4) is 0 Å². The van der Waals surface area contributed by atoms with Gasteiger partial charge in [-0.05, 0) is 60.6 Å². The summed E-state index contributed by atoms with van der Waals surface area (Å²) in [6.45, 7) is 4.72. The zero-order valence-electron chi connectivity index (χ0n) is 27.3. The second kappa shape index (κ2) is 15.9. The minimum absolute atomic E-state index is 0.0550. The largest absolute Gasteiger partial charge is 0.491 e. The van der Waals surface area contributed by atoms with Crippen molar-refractivity contribution in [2.24, 2.45) is 5.92 Å². The molecule has 0 bridgehead atoms. The first-order valence-electron chi connectivity index (χ1n) is 16.4. The van der Waals surface area contributed by atoms with Gasteiger partial charge in [0.1, 0.15) is 30.3 Å². The second-order valence-corrected chi connectivity index (χ2v) is 12.8. The van der Waals surface area contributed by atoms with Crippen molar-refractivity contribution in [2.45, 2.75) is 63.1 Å². The van der Waals surface area contributed by atoms with Crippen LogP contribution in [0.5, 0.6) is 5.75 Å². The highest BCUT2D eigenvalue weighted by molar-refractivity contribution is 6.01. The molecule has 48 heavy (non-hydrogen) atoms. The van der Waals surface area contributed by atoms with E-state index in [1.54, 1.807) is 30.3 Å². The standard InChI is InChI=1S/C37H43FN4O6/c1-24(2)33-36(46)40-28(19-25-9-4-3-5-10-25)22-48-31-14-7-6-13-29(31)34(44)41-30(21-32(43)42-33)35(45)39-23-37(15-17-47-18-16-37)26-11-8-12-27(38)20-26/h3-14,20,24,28,30,33H,15-19,21-23H2,1-2H3,(H,39,45)(H,40,46)(H,41,44)(H,42,43)/t28-,30+,33+/m1/s1. The van der Waals surface area contributed by atoms with Crippen molar-refractivity contribution in [3.05, 3.63) is 101 Å². The first-order valence-corrected chi connectivity index (χ1v) is 16.4. The van der Waals surface area contributed by atoms with E-state index in [1.165, 1.54) is 12.1 Å². The number of para-hydroxylation sites is 1. The molecule has 10 nitrogen and oxygen atoms in total. The highest BCUT2D eigenvalue weighted by Gasteiger charge is 2.37. The SMILES string of the molecule is CC(C)[C@@H]1NC(=O)C[C@@H](C(=O)NCC2(c3cccc(F)c3)CCOCC2)NC(=O)c2ccccc2OC[C@@H](Cc2ccccc2)NC1=O. The van der Waals surface area contributed by atoms with E-state index in [0.717, 1.165) is 11.1 Å². The molecule has 0 spiro atoms. The van der Waals surface area contributed by atoms with Crippen LogP contribution in [-0.4, -0.2) is 68.1 Å². The number of carbonyl (C=O) groups is 4. The number of fused-ring (bicyclic) bond motifs is 1. The number of ether oxygens (including phenoxy) is 2. The summed E-state index contributed by atoms with van der Waals surface area (Å²) < 4.78 is 26.0. The van der Waals surface area contributed by atoms with Crippen LogP contribution in [0.1, 0.15) is 54.6 Å². The molecule has 3 aromatic carbocycles. The van der Waals surface area contributed by atoms with Crippen LogP contribution in [-0.2, 0) is 31.0 Å². The number of halogens is 1. The molecular formula is C37H43FN4O6. The summed E-state index contributed by atoms with van der Waals surface area (Å²) >= 11 is 0. The molecular weight excluding hydrogens is 615 g/mol. The van der Waals surface area contributed by atoms with Crippen LogP contribution in [0.4, 0.5) is 4.39 Å². The lowest BCUT2D eigenvalue weighted by Gasteiger charge is -2.38. The number of nitrogens with one attached hydrogen (secondary N) is 4. The van der Waals surface area contributed by atoms with E-state index < -0.39 is 47.7 Å². The molecule has 254 valence electrons. The lowest BCUT2D eigenvalue weighted by Crippen LogP contribution is -2.56. The molecule has 0 saturated carbocycles. The molecule has 5 rings (SSSR count). The Morgan fingerprint density at radius 1 is 0.938 bits per heavy atom. The van der Waals surface area contributed by atoms with Gasteiger partial charge in [-0.3, -0.25) is 19.2 Å². The molecule has 0 radical (unpaired) electrons. The summed E-state index contributed by atoms with van der Waals surface area (Å²) in [5, 5.41) is 11.5. The van der Waals surface area contributed by atoms with Gasteiger partial charge in [0, 0.05) is 25.2 Å². The molecule has 1 fully saturated rings. The maximum atomic E-state index is 14.2. The van der Waals surface area contributed by atoms with Crippen molar-refractivity contribution in [3.63, 3.8) is 0 Å². The first kappa shape index (κ1) is 34.6. The van der Waals surface area contributed by atoms with Crippen molar-refractivity contribution in [1.29, 1.82) is 0 Å². The van der Waals surface area contributed by atoms with Crippen molar-refractivity contribution >= 4 is 23.6 Å². The summed E-state index contributed by atoms with van der Waals surface area (Å²) in [4.78, 5) is 54.6. The quantitative estimate of drug-likeness (QED) is 0.308. The Bertz CT molecular complexity index is 1590. The summed E-state index contributed by atoms with van der Waals surface area (Å²) in [5.41, 5.74) is 1.30. The number of rotatable bonds is 7. The molecule has 2 heterocycles. The van der Waals surface area contributed by atoms with Gasteiger partial charge >= 0.3 is 0 Å². The van der Waals surface area contributed by atoms with E-state index in [-0.39, 0.29) is 42.1 Å². The van der Waals surface area contributed by atoms with E-state index in [0.29, 0.717) is 32.5 Å². The van der Waals surface area contributed by atoms with E-state index in [4.69, 9.17) is 9.47 Å². The Morgan fingerprint density at radius 2 is 1.67 bits per heavy atom. The van der Waals surface area contributed by atoms with Crippen molar-refractivity contribution in [3.8, 4) is 5.75 Å². The predicted octanol–water partition coefficient (Wildman–Crippen LogP) is 3.44. The first-order chi connectivity index (χ1) is 23.1. The summed E-state index contributed by atoms with van der Waals surface area (Å²) in [6, 6.07) is 19.9. The highest BCUT2D eigenvalue weighted by atomic mass is 19.1. The number of carbonyl (C=O) groups excluding carboxylic acids is 4. The molecule has 3 aromatic rings. The predicted molar refractivity (Wildman–Crippen MR) is 178 cm³/mol. The average Bonchev–Trinajstić information content (AvgIpc) is 3.08. The fraction of sp³-hybridized carbons (Fsp3) is 0.405. The fourth-order valence-electron chi connectivity index (χ4n) is 6.24. The Morgan fingerprint density at radius 3 is 2.40 bits per heavy atom. The second-order valence-electron chi connectivity index (χ2n) is 12.8. The van der Waals surface area contributed by atoms with Crippen LogP contribution in [0.2, 0.25) is 0 Å². The van der Waals surface area contributed by atoms with Crippen molar-refractivity contribution < 1.29 is 33.0 Å². The van der Waals surface area contributed by atoms with E-state index in [2.05, 4.69) is 21.3 Å². The third kappa shape index (κ3) is 8.77. The third-order valence-corrected chi connectivity index (χ3v) is 9.01. The summed E-state index contributed by atoms with van der Waals surface area (Å²) in [5.74, 6) is -2.51. The van der Waals surface area contributed by atoms with Gasteiger partial charge in [-0.15, -0.1) is 0 Å². The molecule has 4 N–H and O–H groups in total. The number of amides is 4. The van der Waals surface area contributed by atoms with Gasteiger partial charge in [-0.25, -0.2) is 4.39 Å². The average molecular weight is 659 g/mol. The number of hydrogen-bond donors (Lipinski definition) is 4. The van der Waals surface area contributed by atoms with Gasteiger partial charge in [0.25, 0.3) is 5.91 Å². The van der Waals surface area contributed by atoms with Crippen molar-refractivity contribution in [1.82, 2.24) is 21.3 Å². The van der Waals surface area contributed by atoms with Crippen molar-refractivity contribution in [2.75, 3.05) is 26.4 Å². The van der Waals surface area contributed by atoms with E-state index in [1.807, 2.05) is 50.2 Å². The van der Waals surface area contributed by atoms with E-state index in [9.17, 15) is 23.6 Å². The number of benzene rings is 3. The summed E-state index contributed by atoms with van der Waals surface area (Å²) in [6.07, 6.45) is 1.15. The molecule has 4 amide bonds. The topological polar surface area (TPSA) is 135 Å². The smallest absolute Gasteiger partial charge is 0.255 e. The molecule has 3 atom stereocenters. The summed E-state index contributed by atoms with van der Waals surface area (Å²) in [7, 11) is 0. The molecule has 0 aromatic heterocycles. The zero-order chi connectivity index (χ0) is 34.1. The fourth-order valence-corrected chi connectivity index (χ4v) is 6.24. The van der Waals surface area contributed by atoms with Gasteiger partial charge in [-0.1, -0.05) is 68.4 Å². The maximum absolute atomic E-state index is 14.2. The third-order valence-electron chi connectivity index (χ3n) is 9.01. The molecule has 0 aliphatic carbocycles. The minimum Gasteiger partial charge on any atom is -0.491 e. The Hall–Kier alpha value is -4.77. The lowest BCUT2D eigenvalue weighted by molar-refractivity contribution is -0.132. The van der Waals surface area contributed by atoms with Crippen LogP contribution in [0.15, 0.2) is 78.9 Å². The van der Waals surface area contributed by atoms with Crippen LogP contribution < -0.4 is 26.0 Å². The normalized spacial score (nSPS) is 21.8. The minimum atomic E-state index is -1.28. The van der Waals surface area contributed by atoms with Gasteiger partial charge in [0.15, 0.2) is 0 Å². The Labute approximate surface area is 280 Å². The maximum Gasteiger partial charge on any atom is 0.255 e. The Kier molecular flexibility index (Phi) is 11.4. The lowest BCUT2D eigenvalue weighted by atomic mass is 9.74. The van der Waals surface area contributed by atoms with E-state index >= 15 is 0 Å². The molecule has 11 heteroatoms. The number of hydrogen-bond acceptors (Lipinski definition) is 6.